The maximum Gasteiger partial charge on any atom is 0.283 e. The number of halogens is 3. The highest BCUT2D eigenvalue weighted by molar-refractivity contribution is 6.53. The van der Waals surface area contributed by atoms with Gasteiger partial charge in [-0.1, -0.05) is 40.9 Å². The lowest BCUT2D eigenvalue weighted by Gasteiger charge is -2.18. The number of hydrogen-bond donors (Lipinski definition) is 1. The molecule has 5 nitrogen and oxygen atoms in total. The predicted molar refractivity (Wildman–Crippen MR) is 103 cm³/mol. The van der Waals surface area contributed by atoms with Crippen LogP contribution in [0.15, 0.2) is 47.1 Å². The van der Waals surface area contributed by atoms with Crippen molar-refractivity contribution < 1.29 is 14.3 Å². The SMILES string of the molecule is COc1ccc(Cl)cc1N1C(=O)C(Cl)=C(Nc2cccc(Cl)c2C)C1=O. The molecule has 0 atom stereocenters. The number of nitrogens with zero attached hydrogens (tertiary/aromatic N) is 1. The zero-order valence-corrected chi connectivity index (χ0v) is 16.0. The fraction of sp³-hybridized carbons (Fsp3) is 0.111. The van der Waals surface area contributed by atoms with Crippen LogP contribution in [0.5, 0.6) is 5.75 Å². The lowest BCUT2D eigenvalue weighted by Crippen LogP contribution is -2.32. The minimum Gasteiger partial charge on any atom is -0.495 e. The molecular formula is C18H13Cl3N2O3. The second-order valence-corrected chi connectivity index (χ2v) is 6.71. The number of rotatable bonds is 4. The van der Waals surface area contributed by atoms with Crippen molar-refractivity contribution in [2.45, 2.75) is 6.92 Å². The largest absolute Gasteiger partial charge is 0.495 e. The number of imide groups is 1. The van der Waals surface area contributed by atoms with Gasteiger partial charge in [-0.2, -0.15) is 0 Å². The number of ether oxygens (including phenoxy) is 1. The molecule has 0 saturated carbocycles. The summed E-state index contributed by atoms with van der Waals surface area (Å²) in [6.45, 7) is 1.79. The Labute approximate surface area is 165 Å². The van der Waals surface area contributed by atoms with E-state index in [9.17, 15) is 9.59 Å². The Morgan fingerprint density at radius 2 is 1.77 bits per heavy atom. The van der Waals surface area contributed by atoms with Crippen LogP contribution in [0.3, 0.4) is 0 Å². The van der Waals surface area contributed by atoms with Crippen molar-refractivity contribution >= 4 is 58.0 Å². The highest BCUT2D eigenvalue weighted by atomic mass is 35.5. The molecule has 0 saturated heterocycles. The summed E-state index contributed by atoms with van der Waals surface area (Å²) in [6.07, 6.45) is 0. The Bertz CT molecular complexity index is 957. The van der Waals surface area contributed by atoms with E-state index >= 15 is 0 Å². The predicted octanol–water partition coefficient (Wildman–Crippen LogP) is 4.75. The van der Waals surface area contributed by atoms with E-state index in [1.54, 1.807) is 37.3 Å². The second-order valence-electron chi connectivity index (χ2n) is 5.49. The van der Waals surface area contributed by atoms with Gasteiger partial charge >= 0.3 is 0 Å². The number of amides is 2. The molecule has 0 unspecified atom stereocenters. The third kappa shape index (κ3) is 3.14. The van der Waals surface area contributed by atoms with Crippen LogP contribution < -0.4 is 15.0 Å². The fourth-order valence-electron chi connectivity index (χ4n) is 2.55. The molecule has 1 heterocycles. The van der Waals surface area contributed by atoms with Crippen molar-refractivity contribution in [2.75, 3.05) is 17.3 Å². The topological polar surface area (TPSA) is 58.6 Å². The van der Waals surface area contributed by atoms with Crippen molar-refractivity contribution in [2.24, 2.45) is 0 Å². The van der Waals surface area contributed by atoms with Gasteiger partial charge in [0.25, 0.3) is 11.8 Å². The van der Waals surface area contributed by atoms with Gasteiger partial charge in [0.1, 0.15) is 16.5 Å². The van der Waals surface area contributed by atoms with E-state index in [0.717, 1.165) is 10.5 Å². The van der Waals surface area contributed by atoms with Crippen molar-refractivity contribution in [3.05, 3.63) is 62.7 Å². The summed E-state index contributed by atoms with van der Waals surface area (Å²) in [5, 5.41) is 3.56. The molecule has 0 aliphatic carbocycles. The van der Waals surface area contributed by atoms with Gasteiger partial charge in [-0.15, -0.1) is 0 Å². The molecule has 1 N–H and O–H groups in total. The van der Waals surface area contributed by atoms with Gasteiger partial charge in [0.05, 0.1) is 12.8 Å². The molecule has 134 valence electrons. The van der Waals surface area contributed by atoms with Crippen LogP contribution >= 0.6 is 34.8 Å². The van der Waals surface area contributed by atoms with Gasteiger partial charge in [0, 0.05) is 15.7 Å². The van der Waals surface area contributed by atoms with E-state index in [1.807, 2.05) is 0 Å². The number of nitrogens with one attached hydrogen (secondary N) is 1. The standard InChI is InChI=1S/C18H13Cl3N2O3/c1-9-11(20)4-3-5-12(9)22-16-15(21)17(24)23(18(16)25)13-8-10(19)6-7-14(13)26-2/h3-8,22H,1-2H3. The summed E-state index contributed by atoms with van der Waals surface area (Å²) >= 11 is 18.3. The molecule has 2 aromatic rings. The smallest absolute Gasteiger partial charge is 0.283 e. The van der Waals surface area contributed by atoms with E-state index < -0.39 is 11.8 Å². The van der Waals surface area contributed by atoms with E-state index in [0.29, 0.717) is 21.5 Å². The van der Waals surface area contributed by atoms with Gasteiger partial charge in [-0.25, -0.2) is 4.90 Å². The van der Waals surface area contributed by atoms with Crippen LogP contribution in [0.4, 0.5) is 11.4 Å². The van der Waals surface area contributed by atoms with Crippen LogP contribution in [0, 0.1) is 6.92 Å². The van der Waals surface area contributed by atoms with Crippen molar-refractivity contribution in [3.63, 3.8) is 0 Å². The quantitative estimate of drug-likeness (QED) is 0.738. The molecule has 0 radical (unpaired) electrons. The number of hydrogen-bond acceptors (Lipinski definition) is 4. The molecule has 2 aromatic carbocycles. The summed E-state index contributed by atoms with van der Waals surface area (Å²) < 4.78 is 5.23. The molecule has 0 bridgehead atoms. The Balaban J connectivity index is 2.01. The summed E-state index contributed by atoms with van der Waals surface area (Å²) in [4.78, 5) is 26.4. The van der Waals surface area contributed by atoms with Crippen molar-refractivity contribution in [1.82, 2.24) is 0 Å². The van der Waals surface area contributed by atoms with Crippen LogP contribution in [0.2, 0.25) is 10.0 Å². The average Bonchev–Trinajstić information content (AvgIpc) is 2.82. The summed E-state index contributed by atoms with van der Waals surface area (Å²) in [6, 6.07) is 9.82. The van der Waals surface area contributed by atoms with Gasteiger partial charge in [0.2, 0.25) is 0 Å². The summed E-state index contributed by atoms with van der Waals surface area (Å²) in [5.74, 6) is -0.958. The zero-order valence-electron chi connectivity index (χ0n) is 13.8. The van der Waals surface area contributed by atoms with Crippen LogP contribution in [0.1, 0.15) is 5.56 Å². The molecule has 1 aliphatic rings. The van der Waals surface area contributed by atoms with Gasteiger partial charge in [0.15, 0.2) is 0 Å². The van der Waals surface area contributed by atoms with E-state index in [1.165, 1.54) is 13.2 Å². The number of carbonyl (C=O) groups is 2. The first kappa shape index (κ1) is 18.6. The first-order chi connectivity index (χ1) is 12.3. The van der Waals surface area contributed by atoms with Gasteiger partial charge < -0.3 is 10.1 Å². The summed E-state index contributed by atoms with van der Waals surface area (Å²) in [7, 11) is 1.43. The van der Waals surface area contributed by atoms with E-state index in [2.05, 4.69) is 5.32 Å². The van der Waals surface area contributed by atoms with Crippen LogP contribution in [-0.4, -0.2) is 18.9 Å². The molecular weight excluding hydrogens is 399 g/mol. The Kier molecular flexibility index (Phi) is 5.14. The maximum absolute atomic E-state index is 12.9. The minimum atomic E-state index is -0.667. The first-order valence-corrected chi connectivity index (χ1v) is 8.62. The highest BCUT2D eigenvalue weighted by Gasteiger charge is 2.40. The van der Waals surface area contributed by atoms with Crippen LogP contribution in [0.25, 0.3) is 0 Å². The van der Waals surface area contributed by atoms with E-state index in [4.69, 9.17) is 39.5 Å². The maximum atomic E-state index is 12.9. The third-order valence-electron chi connectivity index (χ3n) is 3.94. The van der Waals surface area contributed by atoms with Crippen molar-refractivity contribution in [3.8, 4) is 5.75 Å². The summed E-state index contributed by atoms with van der Waals surface area (Å²) in [5.41, 5.74) is 1.48. The Morgan fingerprint density at radius 1 is 1.04 bits per heavy atom. The highest BCUT2D eigenvalue weighted by Crippen LogP contribution is 2.37. The number of anilines is 2. The molecule has 0 fully saturated rings. The number of carbonyl (C=O) groups excluding carboxylic acids is 2. The lowest BCUT2D eigenvalue weighted by atomic mass is 10.2. The second kappa shape index (κ2) is 7.19. The average molecular weight is 412 g/mol. The van der Waals surface area contributed by atoms with Crippen LogP contribution in [-0.2, 0) is 9.59 Å². The fourth-order valence-corrected chi connectivity index (χ4v) is 3.10. The molecule has 8 heteroatoms. The monoisotopic (exact) mass is 410 g/mol. The number of methoxy groups -OCH3 is 1. The first-order valence-electron chi connectivity index (χ1n) is 7.49. The third-order valence-corrected chi connectivity index (χ3v) is 4.93. The molecule has 2 amide bonds. The molecule has 0 aromatic heterocycles. The zero-order chi connectivity index (χ0) is 19.0. The molecule has 26 heavy (non-hydrogen) atoms. The molecule has 1 aliphatic heterocycles. The Hall–Kier alpha value is -2.21. The van der Waals surface area contributed by atoms with Gasteiger partial charge in [-0.3, -0.25) is 9.59 Å². The Morgan fingerprint density at radius 3 is 2.46 bits per heavy atom. The molecule has 0 spiro atoms. The molecule has 3 rings (SSSR count). The lowest BCUT2D eigenvalue weighted by molar-refractivity contribution is -0.120. The minimum absolute atomic E-state index is 0.0379. The van der Waals surface area contributed by atoms with Gasteiger partial charge in [-0.05, 0) is 42.8 Å². The van der Waals surface area contributed by atoms with E-state index in [-0.39, 0.29) is 16.4 Å². The number of benzene rings is 2. The normalized spacial score (nSPS) is 14.3. The van der Waals surface area contributed by atoms with Crippen molar-refractivity contribution in [1.29, 1.82) is 0 Å².